The maximum absolute atomic E-state index is 5.54. The van der Waals surface area contributed by atoms with Crippen molar-refractivity contribution in [1.82, 2.24) is 15.6 Å². The van der Waals surface area contributed by atoms with Crippen molar-refractivity contribution in [2.75, 3.05) is 13.7 Å². The molecule has 0 spiro atoms. The molecule has 1 fully saturated rings. The van der Waals surface area contributed by atoms with Crippen LogP contribution < -0.4 is 15.4 Å². The van der Waals surface area contributed by atoms with Gasteiger partial charge >= 0.3 is 0 Å². The third kappa shape index (κ3) is 5.98. The zero-order valence-corrected chi connectivity index (χ0v) is 15.8. The number of hydrogen-bond acceptors (Lipinski definition) is 3. The molecule has 0 amide bonds. The molecule has 0 unspecified atom stereocenters. The SMILES string of the molecule is CCOc1ncccc1CNC(=NC)NC1CCCCC1.I. The summed E-state index contributed by atoms with van der Waals surface area (Å²) >= 11 is 0. The van der Waals surface area contributed by atoms with Gasteiger partial charge in [0.1, 0.15) is 0 Å². The molecular formula is C16H27IN4O. The van der Waals surface area contributed by atoms with E-state index in [1.54, 1.807) is 6.20 Å². The average Bonchev–Trinajstić information content (AvgIpc) is 2.54. The molecule has 1 saturated carbocycles. The highest BCUT2D eigenvalue weighted by atomic mass is 127. The van der Waals surface area contributed by atoms with Gasteiger partial charge in [-0.05, 0) is 25.8 Å². The van der Waals surface area contributed by atoms with E-state index < -0.39 is 0 Å². The summed E-state index contributed by atoms with van der Waals surface area (Å²) in [7, 11) is 1.81. The van der Waals surface area contributed by atoms with Crippen LogP contribution >= 0.6 is 24.0 Å². The predicted octanol–water partition coefficient (Wildman–Crippen LogP) is 3.10. The zero-order chi connectivity index (χ0) is 14.9. The summed E-state index contributed by atoms with van der Waals surface area (Å²) in [5.41, 5.74) is 1.05. The lowest BCUT2D eigenvalue weighted by Crippen LogP contribution is -2.43. The van der Waals surface area contributed by atoms with E-state index in [1.807, 2.05) is 26.1 Å². The highest BCUT2D eigenvalue weighted by Gasteiger charge is 2.14. The first-order valence-electron chi connectivity index (χ1n) is 7.87. The minimum Gasteiger partial charge on any atom is -0.478 e. The summed E-state index contributed by atoms with van der Waals surface area (Å²) in [6, 6.07) is 4.50. The Hall–Kier alpha value is -1.05. The predicted molar refractivity (Wildman–Crippen MR) is 101 cm³/mol. The molecule has 2 rings (SSSR count). The number of aliphatic imine (C=N–C) groups is 1. The Labute approximate surface area is 150 Å². The van der Waals surface area contributed by atoms with Gasteiger partial charge in [0.25, 0.3) is 0 Å². The van der Waals surface area contributed by atoms with Gasteiger partial charge in [0.05, 0.1) is 6.61 Å². The van der Waals surface area contributed by atoms with Crippen molar-refractivity contribution in [2.24, 2.45) is 4.99 Å². The Kier molecular flexibility index (Phi) is 9.19. The molecule has 1 heterocycles. The zero-order valence-electron chi connectivity index (χ0n) is 13.5. The molecule has 0 atom stereocenters. The van der Waals surface area contributed by atoms with Crippen molar-refractivity contribution in [1.29, 1.82) is 0 Å². The molecule has 2 N–H and O–H groups in total. The van der Waals surface area contributed by atoms with Crippen molar-refractivity contribution < 1.29 is 4.74 Å². The van der Waals surface area contributed by atoms with Gasteiger partial charge in [0, 0.05) is 31.4 Å². The normalized spacial score (nSPS) is 15.8. The summed E-state index contributed by atoms with van der Waals surface area (Å²) in [5.74, 6) is 1.55. The molecule has 1 aromatic rings. The Morgan fingerprint density at radius 1 is 1.36 bits per heavy atom. The second kappa shape index (κ2) is 10.6. The number of halogens is 1. The first-order chi connectivity index (χ1) is 10.3. The van der Waals surface area contributed by atoms with Crippen LogP contribution in [-0.2, 0) is 6.54 Å². The van der Waals surface area contributed by atoms with Crippen LogP contribution in [-0.4, -0.2) is 30.6 Å². The van der Waals surface area contributed by atoms with Gasteiger partial charge in [0.15, 0.2) is 5.96 Å². The lowest BCUT2D eigenvalue weighted by molar-refractivity contribution is 0.322. The van der Waals surface area contributed by atoms with Gasteiger partial charge in [-0.3, -0.25) is 4.99 Å². The van der Waals surface area contributed by atoms with Crippen LogP contribution in [0.5, 0.6) is 5.88 Å². The Morgan fingerprint density at radius 2 is 2.14 bits per heavy atom. The highest BCUT2D eigenvalue weighted by molar-refractivity contribution is 14.0. The molecule has 1 aromatic heterocycles. The van der Waals surface area contributed by atoms with E-state index in [9.17, 15) is 0 Å². The molecule has 0 radical (unpaired) electrons. The van der Waals surface area contributed by atoms with Crippen LogP contribution in [0.25, 0.3) is 0 Å². The molecule has 0 aliphatic heterocycles. The molecule has 22 heavy (non-hydrogen) atoms. The third-order valence-electron chi connectivity index (χ3n) is 3.75. The maximum Gasteiger partial charge on any atom is 0.218 e. The lowest BCUT2D eigenvalue weighted by Gasteiger charge is -2.25. The number of guanidine groups is 1. The highest BCUT2D eigenvalue weighted by Crippen LogP contribution is 2.17. The first kappa shape index (κ1) is 19.0. The number of rotatable bonds is 5. The van der Waals surface area contributed by atoms with Crippen LogP contribution in [0.3, 0.4) is 0 Å². The van der Waals surface area contributed by atoms with Gasteiger partial charge in [-0.15, -0.1) is 24.0 Å². The maximum atomic E-state index is 5.54. The fourth-order valence-corrected chi connectivity index (χ4v) is 2.64. The Bertz CT molecular complexity index is 461. The standard InChI is InChI=1S/C16H26N4O.HI/c1-3-21-15-13(8-7-11-18-15)12-19-16(17-2)20-14-9-5-4-6-10-14;/h7-8,11,14H,3-6,9-10,12H2,1-2H3,(H2,17,19,20);1H. The molecule has 5 nitrogen and oxygen atoms in total. The van der Waals surface area contributed by atoms with E-state index >= 15 is 0 Å². The molecule has 1 aliphatic rings. The van der Waals surface area contributed by atoms with Gasteiger partial charge < -0.3 is 15.4 Å². The minimum absolute atomic E-state index is 0. The van der Waals surface area contributed by atoms with E-state index in [4.69, 9.17) is 4.74 Å². The van der Waals surface area contributed by atoms with E-state index in [2.05, 4.69) is 20.6 Å². The van der Waals surface area contributed by atoms with E-state index in [0.717, 1.165) is 11.5 Å². The molecule has 124 valence electrons. The van der Waals surface area contributed by atoms with Gasteiger partial charge in [-0.25, -0.2) is 4.98 Å². The minimum atomic E-state index is 0. The lowest BCUT2D eigenvalue weighted by atomic mass is 9.96. The number of nitrogens with one attached hydrogen (secondary N) is 2. The van der Waals surface area contributed by atoms with Crippen molar-refractivity contribution in [2.45, 2.75) is 51.6 Å². The monoisotopic (exact) mass is 418 g/mol. The third-order valence-corrected chi connectivity index (χ3v) is 3.75. The van der Waals surface area contributed by atoms with Crippen molar-refractivity contribution in [3.05, 3.63) is 23.9 Å². The summed E-state index contributed by atoms with van der Waals surface area (Å²) in [6.45, 7) is 3.25. The first-order valence-corrected chi connectivity index (χ1v) is 7.87. The largest absolute Gasteiger partial charge is 0.478 e. The van der Waals surface area contributed by atoms with Crippen LogP contribution in [0.1, 0.15) is 44.6 Å². The van der Waals surface area contributed by atoms with Gasteiger partial charge in [-0.1, -0.05) is 25.3 Å². The number of ether oxygens (including phenoxy) is 1. The van der Waals surface area contributed by atoms with Crippen molar-refractivity contribution in [3.8, 4) is 5.88 Å². The summed E-state index contributed by atoms with van der Waals surface area (Å²) in [4.78, 5) is 8.57. The average molecular weight is 418 g/mol. The van der Waals surface area contributed by atoms with Crippen LogP contribution in [0.15, 0.2) is 23.3 Å². The molecule has 0 bridgehead atoms. The number of hydrogen-bond donors (Lipinski definition) is 2. The Balaban J connectivity index is 0.00000242. The molecule has 0 saturated heterocycles. The van der Waals surface area contributed by atoms with Crippen LogP contribution in [0.2, 0.25) is 0 Å². The number of aromatic nitrogens is 1. The number of pyridine rings is 1. The van der Waals surface area contributed by atoms with Crippen LogP contribution in [0, 0.1) is 0 Å². The van der Waals surface area contributed by atoms with Crippen molar-refractivity contribution in [3.63, 3.8) is 0 Å². The number of nitrogens with zero attached hydrogens (tertiary/aromatic N) is 2. The topological polar surface area (TPSA) is 58.5 Å². The van der Waals surface area contributed by atoms with E-state index in [0.29, 0.717) is 25.1 Å². The fraction of sp³-hybridized carbons (Fsp3) is 0.625. The summed E-state index contributed by atoms with van der Waals surface area (Å²) in [6.07, 6.45) is 8.20. The molecule has 6 heteroatoms. The summed E-state index contributed by atoms with van der Waals surface area (Å²) < 4.78 is 5.54. The second-order valence-electron chi connectivity index (χ2n) is 5.31. The Morgan fingerprint density at radius 3 is 2.82 bits per heavy atom. The smallest absolute Gasteiger partial charge is 0.218 e. The van der Waals surface area contributed by atoms with Gasteiger partial charge in [0.2, 0.25) is 5.88 Å². The second-order valence-corrected chi connectivity index (χ2v) is 5.31. The molecular weight excluding hydrogens is 391 g/mol. The summed E-state index contributed by atoms with van der Waals surface area (Å²) in [5, 5.41) is 6.86. The fourth-order valence-electron chi connectivity index (χ4n) is 2.64. The van der Waals surface area contributed by atoms with E-state index in [1.165, 1.54) is 32.1 Å². The quantitative estimate of drug-likeness (QED) is 0.439. The van der Waals surface area contributed by atoms with E-state index in [-0.39, 0.29) is 24.0 Å². The van der Waals surface area contributed by atoms with Crippen LogP contribution in [0.4, 0.5) is 0 Å². The van der Waals surface area contributed by atoms with Gasteiger partial charge in [-0.2, -0.15) is 0 Å². The molecule has 0 aromatic carbocycles. The molecule has 1 aliphatic carbocycles. The van der Waals surface area contributed by atoms with Crippen molar-refractivity contribution >= 4 is 29.9 Å².